The highest BCUT2D eigenvalue weighted by Gasteiger charge is 2.34. The molecular weight excluding hydrogens is 550 g/mol. The fraction of sp³-hybridized carbons (Fsp3) is 0.387. The third kappa shape index (κ3) is 9.22. The number of ether oxygens (including phenoxy) is 1. The predicted octanol–water partition coefficient (Wildman–Crippen LogP) is 1.57. The van der Waals surface area contributed by atoms with E-state index in [2.05, 4.69) is 20.9 Å². The number of hydrogen-bond donors (Lipinski definition) is 4. The quantitative estimate of drug-likeness (QED) is 0.235. The number of nitrogens with two attached hydrogens (primary N) is 1. The molecule has 1 saturated heterocycles. The van der Waals surface area contributed by atoms with Crippen LogP contribution in [0.3, 0.4) is 0 Å². The van der Waals surface area contributed by atoms with Crippen molar-refractivity contribution in [3.63, 3.8) is 0 Å². The molecular formula is C31H39N7O5. The SMILES string of the molecule is CC(C)(N)C(=O)N[C@H](COCc1ccccc1)C(=O)Nc1cn(CC(=O)N2CCC[C@@H]2C(=O)NCc2ccccc2)cn1. The van der Waals surface area contributed by atoms with Crippen LogP contribution in [0.5, 0.6) is 0 Å². The molecule has 0 unspecified atom stereocenters. The molecule has 0 spiro atoms. The number of anilines is 1. The smallest absolute Gasteiger partial charge is 0.250 e. The maximum atomic E-state index is 13.1. The zero-order valence-electron chi connectivity index (χ0n) is 24.5. The molecule has 0 aliphatic carbocycles. The van der Waals surface area contributed by atoms with Gasteiger partial charge in [-0.05, 0) is 37.8 Å². The molecule has 0 bridgehead atoms. The van der Waals surface area contributed by atoms with E-state index in [-0.39, 0.29) is 37.4 Å². The van der Waals surface area contributed by atoms with Gasteiger partial charge in [-0.2, -0.15) is 0 Å². The van der Waals surface area contributed by atoms with E-state index in [0.717, 1.165) is 17.5 Å². The molecule has 1 aromatic heterocycles. The Hall–Kier alpha value is -4.55. The van der Waals surface area contributed by atoms with Crippen molar-refractivity contribution in [3.05, 3.63) is 84.3 Å². The lowest BCUT2D eigenvalue weighted by atomic mass is 10.1. The molecule has 4 amide bonds. The summed E-state index contributed by atoms with van der Waals surface area (Å²) in [5, 5.41) is 8.24. The molecule has 0 saturated carbocycles. The second kappa shape index (κ2) is 14.6. The Morgan fingerprint density at radius 1 is 1.05 bits per heavy atom. The van der Waals surface area contributed by atoms with Crippen molar-refractivity contribution in [1.82, 2.24) is 25.1 Å². The Balaban J connectivity index is 1.32. The second-order valence-electron chi connectivity index (χ2n) is 11.1. The fourth-order valence-corrected chi connectivity index (χ4v) is 4.61. The number of rotatable bonds is 13. The number of carbonyl (C=O) groups excluding carboxylic acids is 4. The highest BCUT2D eigenvalue weighted by Crippen LogP contribution is 2.19. The van der Waals surface area contributed by atoms with E-state index >= 15 is 0 Å². The minimum atomic E-state index is -1.20. The van der Waals surface area contributed by atoms with Crippen LogP contribution in [0.15, 0.2) is 73.2 Å². The topological polar surface area (TPSA) is 161 Å². The number of aromatic nitrogens is 2. The summed E-state index contributed by atoms with van der Waals surface area (Å²) in [6.45, 7) is 4.08. The first-order chi connectivity index (χ1) is 20.6. The zero-order valence-corrected chi connectivity index (χ0v) is 24.5. The maximum absolute atomic E-state index is 13.1. The van der Waals surface area contributed by atoms with Gasteiger partial charge in [0.2, 0.25) is 17.7 Å². The van der Waals surface area contributed by atoms with E-state index in [1.807, 2.05) is 60.7 Å². The van der Waals surface area contributed by atoms with Gasteiger partial charge >= 0.3 is 0 Å². The summed E-state index contributed by atoms with van der Waals surface area (Å²) in [4.78, 5) is 57.4. The number of imidazole rings is 1. The molecule has 43 heavy (non-hydrogen) atoms. The van der Waals surface area contributed by atoms with Crippen LogP contribution in [0.25, 0.3) is 0 Å². The number of likely N-dealkylation sites (tertiary alicyclic amines) is 1. The van der Waals surface area contributed by atoms with Crippen LogP contribution >= 0.6 is 0 Å². The van der Waals surface area contributed by atoms with Crippen LogP contribution in [-0.4, -0.2) is 68.9 Å². The molecule has 2 heterocycles. The first-order valence-corrected chi connectivity index (χ1v) is 14.3. The number of nitrogens with zero attached hydrogens (tertiary/aromatic N) is 3. The summed E-state index contributed by atoms with van der Waals surface area (Å²) in [6, 6.07) is 17.5. The summed E-state index contributed by atoms with van der Waals surface area (Å²) in [5.41, 5.74) is 6.61. The predicted molar refractivity (Wildman–Crippen MR) is 160 cm³/mol. The van der Waals surface area contributed by atoms with Crippen molar-refractivity contribution in [2.24, 2.45) is 5.73 Å². The van der Waals surface area contributed by atoms with Gasteiger partial charge in [-0.1, -0.05) is 60.7 Å². The second-order valence-corrected chi connectivity index (χ2v) is 11.1. The third-order valence-electron chi connectivity index (χ3n) is 6.99. The molecule has 1 aliphatic heterocycles. The van der Waals surface area contributed by atoms with Gasteiger partial charge in [0, 0.05) is 19.3 Å². The lowest BCUT2D eigenvalue weighted by Crippen LogP contribution is -2.56. The lowest BCUT2D eigenvalue weighted by Gasteiger charge is -2.24. The normalized spacial score (nSPS) is 15.5. The van der Waals surface area contributed by atoms with Crippen molar-refractivity contribution < 1.29 is 23.9 Å². The van der Waals surface area contributed by atoms with Crippen LogP contribution < -0.4 is 21.7 Å². The van der Waals surface area contributed by atoms with Gasteiger partial charge in [-0.15, -0.1) is 0 Å². The number of amides is 4. The molecule has 5 N–H and O–H groups in total. The third-order valence-corrected chi connectivity index (χ3v) is 6.99. The largest absolute Gasteiger partial charge is 0.374 e. The average molecular weight is 590 g/mol. The van der Waals surface area contributed by atoms with E-state index < -0.39 is 29.4 Å². The van der Waals surface area contributed by atoms with Crippen LogP contribution in [-0.2, 0) is 43.6 Å². The number of hydrogen-bond acceptors (Lipinski definition) is 7. The van der Waals surface area contributed by atoms with Crippen LogP contribution in [0.1, 0.15) is 37.8 Å². The molecule has 228 valence electrons. The van der Waals surface area contributed by atoms with E-state index in [9.17, 15) is 19.2 Å². The van der Waals surface area contributed by atoms with Crippen LogP contribution in [0.4, 0.5) is 5.82 Å². The first kappa shape index (κ1) is 31.4. The van der Waals surface area contributed by atoms with E-state index in [1.54, 1.807) is 18.7 Å². The Morgan fingerprint density at radius 3 is 2.40 bits per heavy atom. The highest BCUT2D eigenvalue weighted by molar-refractivity contribution is 5.98. The summed E-state index contributed by atoms with van der Waals surface area (Å²) < 4.78 is 7.26. The Bertz CT molecular complexity index is 1390. The fourth-order valence-electron chi connectivity index (χ4n) is 4.61. The Morgan fingerprint density at radius 2 is 1.72 bits per heavy atom. The van der Waals surface area contributed by atoms with Gasteiger partial charge in [-0.25, -0.2) is 4.98 Å². The van der Waals surface area contributed by atoms with E-state index in [4.69, 9.17) is 10.5 Å². The standard InChI is InChI=1S/C31H39N7O5/c1-31(2,32)30(42)35-24(20-43-19-23-12-7-4-8-13-23)28(40)36-26-17-37(21-34-26)18-27(39)38-15-9-14-25(38)29(41)33-16-22-10-5-3-6-11-22/h3-8,10-13,17,21,24-25H,9,14-16,18-20,32H2,1-2H3,(H,33,41)(H,35,42)(H,36,40)/t24-,25-/m1/s1. The lowest BCUT2D eigenvalue weighted by molar-refractivity contribution is -0.139. The van der Waals surface area contributed by atoms with Crippen molar-refractivity contribution in [2.75, 3.05) is 18.5 Å². The van der Waals surface area contributed by atoms with Crippen molar-refractivity contribution >= 4 is 29.4 Å². The van der Waals surface area contributed by atoms with Gasteiger partial charge < -0.3 is 35.9 Å². The van der Waals surface area contributed by atoms with Gasteiger partial charge in [0.05, 0.1) is 25.1 Å². The Labute approximate surface area is 251 Å². The summed E-state index contributed by atoms with van der Waals surface area (Å²) in [7, 11) is 0. The maximum Gasteiger partial charge on any atom is 0.250 e. The van der Waals surface area contributed by atoms with E-state index in [1.165, 1.54) is 17.1 Å². The molecule has 12 heteroatoms. The summed E-state index contributed by atoms with van der Waals surface area (Å²) >= 11 is 0. The van der Waals surface area contributed by atoms with Crippen molar-refractivity contribution in [1.29, 1.82) is 0 Å². The molecule has 4 rings (SSSR count). The number of nitrogens with one attached hydrogen (secondary N) is 3. The van der Waals surface area contributed by atoms with Crippen LogP contribution in [0.2, 0.25) is 0 Å². The zero-order chi connectivity index (χ0) is 30.8. The molecule has 2 atom stereocenters. The molecule has 2 aromatic carbocycles. The summed E-state index contributed by atoms with van der Waals surface area (Å²) in [5.74, 6) is -1.27. The molecule has 12 nitrogen and oxygen atoms in total. The Kier molecular flexibility index (Phi) is 10.6. The van der Waals surface area contributed by atoms with Crippen molar-refractivity contribution in [3.8, 4) is 0 Å². The summed E-state index contributed by atoms with van der Waals surface area (Å²) in [6.07, 6.45) is 4.28. The highest BCUT2D eigenvalue weighted by atomic mass is 16.5. The van der Waals surface area contributed by atoms with Gasteiger partial charge in [-0.3, -0.25) is 19.2 Å². The van der Waals surface area contributed by atoms with Gasteiger partial charge in [0.15, 0.2) is 5.82 Å². The molecule has 1 fully saturated rings. The van der Waals surface area contributed by atoms with Gasteiger partial charge in [0.25, 0.3) is 5.91 Å². The van der Waals surface area contributed by atoms with Crippen molar-refractivity contribution in [2.45, 2.75) is 64.0 Å². The number of carbonyl (C=O) groups is 4. The van der Waals surface area contributed by atoms with E-state index in [0.29, 0.717) is 19.5 Å². The first-order valence-electron chi connectivity index (χ1n) is 14.3. The van der Waals surface area contributed by atoms with Crippen LogP contribution in [0, 0.1) is 0 Å². The molecule has 1 aliphatic rings. The minimum absolute atomic E-state index is 0.0486. The average Bonchev–Trinajstić information content (AvgIpc) is 3.66. The monoisotopic (exact) mass is 589 g/mol. The minimum Gasteiger partial charge on any atom is -0.374 e. The number of benzene rings is 2. The van der Waals surface area contributed by atoms with Gasteiger partial charge in [0.1, 0.15) is 18.6 Å². The molecule has 3 aromatic rings. The molecule has 0 radical (unpaired) electrons.